The van der Waals surface area contributed by atoms with Crippen LogP contribution in [0, 0.1) is 0 Å². The lowest BCUT2D eigenvalue weighted by atomic mass is 9.95. The molecule has 0 unspecified atom stereocenters. The summed E-state index contributed by atoms with van der Waals surface area (Å²) >= 11 is 0. The molecule has 43 heavy (non-hydrogen) atoms. The molecule has 0 aliphatic carbocycles. The van der Waals surface area contributed by atoms with E-state index < -0.39 is 0 Å². The Kier molecular flexibility index (Phi) is 10.2. The number of fused-ring (bicyclic) bond motifs is 2. The Labute approximate surface area is 258 Å². The van der Waals surface area contributed by atoms with Gasteiger partial charge in [0.1, 0.15) is 11.2 Å². The van der Waals surface area contributed by atoms with E-state index >= 15 is 0 Å². The van der Waals surface area contributed by atoms with Crippen molar-refractivity contribution < 1.29 is 14.0 Å². The summed E-state index contributed by atoms with van der Waals surface area (Å²) in [5, 5.41) is 0.722. The molecule has 6 heteroatoms. The second kappa shape index (κ2) is 12.6. The van der Waals surface area contributed by atoms with Crippen molar-refractivity contribution in [2.75, 3.05) is 13.1 Å². The van der Waals surface area contributed by atoms with Crippen LogP contribution >= 0.6 is 0 Å². The standard InChI is InChI=1S/C37H54N2O4/c1-34(2,3)38(35(4,5)6)21-13-15-29(40)25-17-19-31-27(23-25)33(42)28-24-26(18-20-32(28)43-31)30(41)16-14-22-39(36(7,8)9)37(10,11)12/h17-20,23-24H,13-16,21-22H2,1-12H3. The highest BCUT2D eigenvalue weighted by atomic mass is 16.3. The number of carbonyl (C=O) groups is 2. The van der Waals surface area contributed by atoms with Gasteiger partial charge in [0, 0.05) is 46.1 Å². The topological polar surface area (TPSA) is 70.8 Å². The van der Waals surface area contributed by atoms with Crippen LogP contribution in [0.4, 0.5) is 0 Å². The van der Waals surface area contributed by atoms with Gasteiger partial charge in [0.2, 0.25) is 5.43 Å². The normalized spacial score (nSPS) is 13.4. The highest BCUT2D eigenvalue weighted by Gasteiger charge is 2.32. The number of carbonyl (C=O) groups excluding carboxylic acids is 2. The number of ketones is 2. The number of rotatable bonds is 10. The molecule has 0 aliphatic heterocycles. The number of hydrogen-bond donors (Lipinski definition) is 0. The predicted molar refractivity (Wildman–Crippen MR) is 180 cm³/mol. The molecule has 2 aromatic carbocycles. The van der Waals surface area contributed by atoms with Gasteiger partial charge in [-0.2, -0.15) is 0 Å². The largest absolute Gasteiger partial charge is 0.456 e. The van der Waals surface area contributed by atoms with Crippen LogP contribution in [0.2, 0.25) is 0 Å². The van der Waals surface area contributed by atoms with Crippen LogP contribution in [-0.4, -0.2) is 56.6 Å². The fourth-order valence-corrected chi connectivity index (χ4v) is 6.64. The smallest absolute Gasteiger partial charge is 0.200 e. The first kappa shape index (κ1) is 34.7. The molecule has 6 nitrogen and oxygen atoms in total. The highest BCUT2D eigenvalue weighted by Crippen LogP contribution is 2.27. The number of hydrogen-bond acceptors (Lipinski definition) is 6. The lowest BCUT2D eigenvalue weighted by Crippen LogP contribution is -2.52. The second-order valence-corrected chi connectivity index (χ2v) is 15.9. The van der Waals surface area contributed by atoms with E-state index in [0.29, 0.717) is 45.9 Å². The summed E-state index contributed by atoms with van der Waals surface area (Å²) in [7, 11) is 0. The van der Waals surface area contributed by atoms with Gasteiger partial charge in [-0.3, -0.25) is 24.2 Å². The Balaban J connectivity index is 1.79. The molecule has 0 N–H and O–H groups in total. The van der Waals surface area contributed by atoms with Crippen molar-refractivity contribution in [3.05, 3.63) is 57.7 Å². The van der Waals surface area contributed by atoms with Crippen molar-refractivity contribution >= 4 is 33.5 Å². The summed E-state index contributed by atoms with van der Waals surface area (Å²) in [5.41, 5.74) is 1.62. The van der Waals surface area contributed by atoms with Gasteiger partial charge < -0.3 is 4.42 Å². The van der Waals surface area contributed by atoms with E-state index in [1.54, 1.807) is 36.4 Å². The lowest BCUT2D eigenvalue weighted by molar-refractivity contribution is 0.0363. The fraction of sp³-hybridized carbons (Fsp3) is 0.595. The Morgan fingerprint density at radius 1 is 0.581 bits per heavy atom. The zero-order chi connectivity index (χ0) is 32.5. The molecule has 0 fully saturated rings. The zero-order valence-electron chi connectivity index (χ0n) is 28.7. The van der Waals surface area contributed by atoms with Crippen molar-refractivity contribution in [3.63, 3.8) is 0 Å². The van der Waals surface area contributed by atoms with Crippen molar-refractivity contribution in [1.29, 1.82) is 0 Å². The number of benzene rings is 2. The maximum Gasteiger partial charge on any atom is 0.200 e. The first-order valence-electron chi connectivity index (χ1n) is 15.7. The van der Waals surface area contributed by atoms with Gasteiger partial charge in [-0.25, -0.2) is 0 Å². The van der Waals surface area contributed by atoms with Crippen molar-refractivity contribution in [1.82, 2.24) is 9.80 Å². The predicted octanol–water partition coefficient (Wildman–Crippen LogP) is 8.67. The van der Waals surface area contributed by atoms with Crippen LogP contribution in [0.5, 0.6) is 0 Å². The van der Waals surface area contributed by atoms with E-state index in [1.165, 1.54) is 0 Å². The molecular formula is C37H54N2O4. The monoisotopic (exact) mass is 590 g/mol. The van der Waals surface area contributed by atoms with E-state index in [2.05, 4.69) is 92.9 Å². The van der Waals surface area contributed by atoms with Gasteiger partial charge in [-0.05, 0) is 145 Å². The van der Waals surface area contributed by atoms with Crippen molar-refractivity contribution in [2.45, 2.75) is 131 Å². The van der Waals surface area contributed by atoms with Crippen LogP contribution in [0.25, 0.3) is 21.9 Å². The summed E-state index contributed by atoms with van der Waals surface area (Å²) in [5.74, 6) is 0.0142. The van der Waals surface area contributed by atoms with Gasteiger partial charge in [0.25, 0.3) is 0 Å². The van der Waals surface area contributed by atoms with E-state index in [9.17, 15) is 14.4 Å². The first-order valence-corrected chi connectivity index (χ1v) is 15.7. The summed E-state index contributed by atoms with van der Waals surface area (Å²) in [6, 6.07) is 10.2. The summed E-state index contributed by atoms with van der Waals surface area (Å²) < 4.78 is 6.04. The average Bonchev–Trinajstić information content (AvgIpc) is 2.85. The van der Waals surface area contributed by atoms with Gasteiger partial charge in [0.05, 0.1) is 10.8 Å². The third kappa shape index (κ3) is 8.63. The average molecular weight is 591 g/mol. The number of Topliss-reactive ketones (excluding diaryl/α,β-unsaturated/α-hetero) is 2. The molecule has 0 aliphatic rings. The Morgan fingerprint density at radius 3 is 1.21 bits per heavy atom. The number of nitrogens with zero attached hydrogens (tertiary/aromatic N) is 2. The molecule has 1 aromatic heterocycles. The molecule has 236 valence electrons. The van der Waals surface area contributed by atoms with Crippen LogP contribution < -0.4 is 5.43 Å². The molecule has 0 amide bonds. The molecule has 1 heterocycles. The minimum Gasteiger partial charge on any atom is -0.456 e. The Morgan fingerprint density at radius 2 is 0.907 bits per heavy atom. The van der Waals surface area contributed by atoms with E-state index in [-0.39, 0.29) is 39.2 Å². The molecule has 0 atom stereocenters. The molecule has 3 aromatic rings. The van der Waals surface area contributed by atoms with E-state index in [0.717, 1.165) is 25.9 Å². The highest BCUT2D eigenvalue weighted by molar-refractivity contribution is 6.02. The van der Waals surface area contributed by atoms with Gasteiger partial charge in [0.15, 0.2) is 11.6 Å². The maximum atomic E-state index is 13.6. The molecule has 0 saturated heterocycles. The second-order valence-electron chi connectivity index (χ2n) is 15.9. The Bertz CT molecular complexity index is 1380. The maximum absolute atomic E-state index is 13.6. The summed E-state index contributed by atoms with van der Waals surface area (Å²) in [6.07, 6.45) is 2.25. The van der Waals surface area contributed by atoms with Gasteiger partial charge >= 0.3 is 0 Å². The van der Waals surface area contributed by atoms with Crippen LogP contribution in [0.3, 0.4) is 0 Å². The van der Waals surface area contributed by atoms with E-state index in [4.69, 9.17) is 4.42 Å². The molecule has 0 saturated carbocycles. The van der Waals surface area contributed by atoms with Crippen LogP contribution in [0.15, 0.2) is 45.6 Å². The zero-order valence-corrected chi connectivity index (χ0v) is 28.7. The minimum atomic E-state index is -0.223. The van der Waals surface area contributed by atoms with Crippen molar-refractivity contribution in [2.24, 2.45) is 0 Å². The minimum absolute atomic E-state index is 0.00708. The van der Waals surface area contributed by atoms with Crippen molar-refractivity contribution in [3.8, 4) is 0 Å². The van der Waals surface area contributed by atoms with Gasteiger partial charge in [-0.15, -0.1) is 0 Å². The third-order valence-electron chi connectivity index (χ3n) is 8.12. The van der Waals surface area contributed by atoms with E-state index in [1.807, 2.05) is 0 Å². The molecule has 3 rings (SSSR count). The Hall–Kier alpha value is -2.83. The summed E-state index contributed by atoms with van der Waals surface area (Å²) in [4.78, 5) is 44.7. The molecule has 0 spiro atoms. The molecular weight excluding hydrogens is 536 g/mol. The third-order valence-corrected chi connectivity index (χ3v) is 8.12. The first-order chi connectivity index (χ1) is 19.6. The van der Waals surface area contributed by atoms with Crippen LogP contribution in [0.1, 0.15) is 129 Å². The fourth-order valence-electron chi connectivity index (χ4n) is 6.64. The summed E-state index contributed by atoms with van der Waals surface area (Å²) in [6.45, 7) is 27.9. The SMILES string of the molecule is CC(C)(C)N(CCCC(=O)c1ccc2oc3ccc(C(=O)CCCN(C(C)(C)C)C(C)(C)C)cc3c(=O)c2c1)C(C)(C)C. The van der Waals surface area contributed by atoms with Gasteiger partial charge in [-0.1, -0.05) is 0 Å². The quantitative estimate of drug-likeness (QED) is 0.174. The molecule has 0 radical (unpaired) electrons. The molecule has 0 bridgehead atoms. The van der Waals surface area contributed by atoms with Crippen LogP contribution in [-0.2, 0) is 0 Å². The lowest BCUT2D eigenvalue weighted by Gasteiger charge is -2.45.